The van der Waals surface area contributed by atoms with E-state index < -0.39 is 5.97 Å². The van der Waals surface area contributed by atoms with E-state index in [1.54, 1.807) is 6.20 Å². The number of carboxylic acid groups (broad SMARTS) is 1. The van der Waals surface area contributed by atoms with Crippen molar-refractivity contribution in [2.24, 2.45) is 0 Å². The van der Waals surface area contributed by atoms with Crippen LogP contribution in [-0.4, -0.2) is 57.1 Å². The standard InChI is InChI=1S/C16H21N5O3/c1-11-8-13(9-21-7-4-17-15(11)21)19-16(24)18-12-2-5-20(6-3-12)10-14(22)23/h4,7-9,12H,2-3,5-6,10H2,1H3,(H,22,23)(H2,18,19,24). The maximum absolute atomic E-state index is 12.2. The van der Waals surface area contributed by atoms with E-state index in [9.17, 15) is 9.59 Å². The summed E-state index contributed by atoms with van der Waals surface area (Å²) in [5, 5.41) is 14.6. The second-order valence-electron chi connectivity index (χ2n) is 6.11. The third-order valence-corrected chi connectivity index (χ3v) is 4.21. The SMILES string of the molecule is Cc1cc(NC(=O)NC2CCN(CC(=O)O)CC2)cn2ccnc12. The molecule has 1 saturated heterocycles. The highest BCUT2D eigenvalue weighted by Crippen LogP contribution is 2.15. The highest BCUT2D eigenvalue weighted by molar-refractivity contribution is 5.89. The van der Waals surface area contributed by atoms with Crippen LogP contribution in [0.5, 0.6) is 0 Å². The quantitative estimate of drug-likeness (QED) is 0.784. The number of carbonyl (C=O) groups excluding carboxylic acids is 1. The third kappa shape index (κ3) is 3.83. The molecule has 0 aliphatic carbocycles. The minimum atomic E-state index is -0.815. The third-order valence-electron chi connectivity index (χ3n) is 4.21. The Kier molecular flexibility index (Phi) is 4.66. The molecular weight excluding hydrogens is 310 g/mol. The normalized spacial score (nSPS) is 16.2. The fourth-order valence-electron chi connectivity index (χ4n) is 3.06. The number of aliphatic carboxylic acids is 1. The van der Waals surface area contributed by atoms with Crippen LogP contribution < -0.4 is 10.6 Å². The van der Waals surface area contributed by atoms with Gasteiger partial charge in [0.2, 0.25) is 0 Å². The molecule has 1 fully saturated rings. The molecule has 0 radical (unpaired) electrons. The number of rotatable bonds is 4. The van der Waals surface area contributed by atoms with Crippen molar-refractivity contribution in [1.29, 1.82) is 0 Å². The number of carboxylic acids is 1. The molecule has 2 aromatic heterocycles. The monoisotopic (exact) mass is 331 g/mol. The van der Waals surface area contributed by atoms with Crippen molar-refractivity contribution < 1.29 is 14.7 Å². The molecule has 0 bridgehead atoms. The summed E-state index contributed by atoms with van der Waals surface area (Å²) in [5.41, 5.74) is 2.56. The van der Waals surface area contributed by atoms with Crippen molar-refractivity contribution >= 4 is 23.3 Å². The van der Waals surface area contributed by atoms with Crippen LogP contribution in [0.25, 0.3) is 5.65 Å². The van der Waals surface area contributed by atoms with Gasteiger partial charge >= 0.3 is 12.0 Å². The van der Waals surface area contributed by atoms with Gasteiger partial charge in [0.15, 0.2) is 0 Å². The fraction of sp³-hybridized carbons (Fsp3) is 0.438. The molecule has 3 heterocycles. The lowest BCUT2D eigenvalue weighted by molar-refractivity contribution is -0.138. The maximum Gasteiger partial charge on any atom is 0.319 e. The lowest BCUT2D eigenvalue weighted by Gasteiger charge is -2.31. The Morgan fingerprint density at radius 2 is 2.12 bits per heavy atom. The van der Waals surface area contributed by atoms with Gasteiger partial charge in [-0.3, -0.25) is 9.69 Å². The number of carbonyl (C=O) groups is 2. The van der Waals surface area contributed by atoms with Gasteiger partial charge < -0.3 is 20.1 Å². The average molecular weight is 331 g/mol. The lowest BCUT2D eigenvalue weighted by atomic mass is 10.1. The van der Waals surface area contributed by atoms with Crippen molar-refractivity contribution in [3.63, 3.8) is 0 Å². The molecule has 8 heteroatoms. The zero-order valence-corrected chi connectivity index (χ0v) is 13.5. The molecule has 3 rings (SSSR count). The number of aromatic nitrogens is 2. The molecule has 0 unspecified atom stereocenters. The first-order valence-corrected chi connectivity index (χ1v) is 7.96. The molecule has 24 heavy (non-hydrogen) atoms. The predicted octanol–water partition coefficient (Wildman–Crippen LogP) is 1.31. The largest absolute Gasteiger partial charge is 0.480 e. The number of urea groups is 1. The molecule has 3 N–H and O–H groups in total. The molecule has 8 nitrogen and oxygen atoms in total. The maximum atomic E-state index is 12.2. The van der Waals surface area contributed by atoms with Gasteiger partial charge in [0.25, 0.3) is 0 Å². The van der Waals surface area contributed by atoms with Gasteiger partial charge in [0.1, 0.15) is 5.65 Å². The zero-order valence-electron chi connectivity index (χ0n) is 13.5. The minimum Gasteiger partial charge on any atom is -0.480 e. The number of amides is 2. The number of aryl methyl sites for hydroxylation is 1. The van der Waals surface area contributed by atoms with Crippen LogP contribution in [0, 0.1) is 6.92 Å². The molecular formula is C16H21N5O3. The van der Waals surface area contributed by atoms with Crippen LogP contribution in [0.1, 0.15) is 18.4 Å². The molecule has 1 aliphatic rings. The molecule has 0 saturated carbocycles. The van der Waals surface area contributed by atoms with Crippen molar-refractivity contribution in [3.8, 4) is 0 Å². The summed E-state index contributed by atoms with van der Waals surface area (Å²) in [6, 6.07) is 1.70. The fourth-order valence-corrected chi connectivity index (χ4v) is 3.06. The number of hydrogen-bond donors (Lipinski definition) is 3. The van der Waals surface area contributed by atoms with Crippen molar-refractivity contribution in [1.82, 2.24) is 19.6 Å². The Balaban J connectivity index is 1.53. The number of hydrogen-bond acceptors (Lipinski definition) is 4. The van der Waals surface area contributed by atoms with E-state index in [1.807, 2.05) is 34.7 Å². The van der Waals surface area contributed by atoms with Crippen LogP contribution in [0.15, 0.2) is 24.7 Å². The van der Waals surface area contributed by atoms with E-state index >= 15 is 0 Å². The summed E-state index contributed by atoms with van der Waals surface area (Å²) in [6.45, 7) is 3.36. The summed E-state index contributed by atoms with van der Waals surface area (Å²) >= 11 is 0. The second-order valence-corrected chi connectivity index (χ2v) is 6.11. The van der Waals surface area contributed by atoms with Gasteiger partial charge in [-0.05, 0) is 31.4 Å². The molecule has 2 aromatic rings. The summed E-state index contributed by atoms with van der Waals surface area (Å²) < 4.78 is 1.87. The number of nitrogens with zero attached hydrogens (tertiary/aromatic N) is 3. The van der Waals surface area contributed by atoms with E-state index in [-0.39, 0.29) is 18.6 Å². The summed E-state index contributed by atoms with van der Waals surface area (Å²) in [5.74, 6) is -0.815. The Morgan fingerprint density at radius 3 is 2.83 bits per heavy atom. The Bertz CT molecular complexity index is 749. The van der Waals surface area contributed by atoms with Gasteiger partial charge in [-0.25, -0.2) is 9.78 Å². The van der Waals surface area contributed by atoms with E-state index in [0.717, 1.165) is 24.1 Å². The first kappa shape index (κ1) is 16.3. The Hall–Kier alpha value is -2.61. The van der Waals surface area contributed by atoms with Crippen molar-refractivity contribution in [3.05, 3.63) is 30.2 Å². The molecule has 2 amide bonds. The van der Waals surface area contributed by atoms with E-state index in [4.69, 9.17) is 5.11 Å². The van der Waals surface area contributed by atoms with Gasteiger partial charge in [0.05, 0.1) is 12.2 Å². The van der Waals surface area contributed by atoms with E-state index in [0.29, 0.717) is 18.8 Å². The number of likely N-dealkylation sites (tertiary alicyclic amines) is 1. The van der Waals surface area contributed by atoms with Crippen molar-refractivity contribution in [2.45, 2.75) is 25.8 Å². The number of fused-ring (bicyclic) bond motifs is 1. The van der Waals surface area contributed by atoms with Gasteiger partial charge in [0, 0.05) is 37.7 Å². The molecule has 0 atom stereocenters. The molecule has 1 aliphatic heterocycles. The minimum absolute atomic E-state index is 0.0586. The van der Waals surface area contributed by atoms with Gasteiger partial charge in [-0.15, -0.1) is 0 Å². The van der Waals surface area contributed by atoms with Crippen LogP contribution in [0.3, 0.4) is 0 Å². The molecule has 128 valence electrons. The summed E-state index contributed by atoms with van der Waals surface area (Å²) in [7, 11) is 0. The Morgan fingerprint density at radius 1 is 1.38 bits per heavy atom. The average Bonchev–Trinajstić information content (AvgIpc) is 2.97. The number of pyridine rings is 1. The lowest BCUT2D eigenvalue weighted by Crippen LogP contribution is -2.47. The van der Waals surface area contributed by atoms with Crippen molar-refractivity contribution in [2.75, 3.05) is 25.0 Å². The summed E-state index contributed by atoms with van der Waals surface area (Å²) in [6.07, 6.45) is 6.88. The predicted molar refractivity (Wildman–Crippen MR) is 89.2 cm³/mol. The highest BCUT2D eigenvalue weighted by Gasteiger charge is 2.21. The first-order chi connectivity index (χ1) is 11.5. The van der Waals surface area contributed by atoms with Crippen LogP contribution in [-0.2, 0) is 4.79 Å². The number of piperidine rings is 1. The van der Waals surface area contributed by atoms with E-state index in [1.165, 1.54) is 0 Å². The second kappa shape index (κ2) is 6.88. The van der Waals surface area contributed by atoms with Gasteiger partial charge in [-0.2, -0.15) is 0 Å². The van der Waals surface area contributed by atoms with Crippen LogP contribution in [0.2, 0.25) is 0 Å². The highest BCUT2D eigenvalue weighted by atomic mass is 16.4. The van der Waals surface area contributed by atoms with Crippen LogP contribution >= 0.6 is 0 Å². The number of nitrogens with one attached hydrogen (secondary N) is 2. The summed E-state index contributed by atoms with van der Waals surface area (Å²) in [4.78, 5) is 29.0. The number of imidazole rings is 1. The van der Waals surface area contributed by atoms with E-state index in [2.05, 4.69) is 15.6 Å². The topological polar surface area (TPSA) is 99.0 Å². The molecule has 0 aromatic carbocycles. The molecule has 0 spiro atoms. The smallest absolute Gasteiger partial charge is 0.319 e. The van der Waals surface area contributed by atoms with Gasteiger partial charge in [-0.1, -0.05) is 0 Å². The first-order valence-electron chi connectivity index (χ1n) is 7.96. The number of anilines is 1. The zero-order chi connectivity index (χ0) is 17.1. The van der Waals surface area contributed by atoms with Crippen LogP contribution in [0.4, 0.5) is 10.5 Å². The Labute approximate surface area is 139 Å².